The number of Topliss-reactive ketones (excluding diaryl/α,β-unsaturated/α-hetero) is 1. The summed E-state index contributed by atoms with van der Waals surface area (Å²) in [4.78, 5) is 12.2. The molecular formula is C16H14Cl2O. The summed E-state index contributed by atoms with van der Waals surface area (Å²) in [6.07, 6.45) is 0. The Morgan fingerprint density at radius 1 is 0.842 bits per heavy atom. The summed E-state index contributed by atoms with van der Waals surface area (Å²) >= 11 is 11.8. The number of carbonyl (C=O) groups is 1. The SMILES string of the molecule is CC(=O)C(C)(c1ccc(Cl)cc1)c1ccc(Cl)cc1. The number of benzene rings is 2. The van der Waals surface area contributed by atoms with Crippen LogP contribution in [0.2, 0.25) is 10.0 Å². The van der Waals surface area contributed by atoms with Gasteiger partial charge in [-0.3, -0.25) is 4.79 Å². The van der Waals surface area contributed by atoms with Crippen LogP contribution in [0.5, 0.6) is 0 Å². The predicted molar refractivity (Wildman–Crippen MR) is 80.0 cm³/mol. The van der Waals surface area contributed by atoms with Crippen molar-refractivity contribution in [2.75, 3.05) is 0 Å². The molecule has 0 heterocycles. The first-order chi connectivity index (χ1) is 8.94. The van der Waals surface area contributed by atoms with E-state index in [1.54, 1.807) is 31.2 Å². The Kier molecular flexibility index (Phi) is 3.98. The largest absolute Gasteiger partial charge is 0.299 e. The maximum absolute atomic E-state index is 12.2. The molecule has 19 heavy (non-hydrogen) atoms. The Morgan fingerprint density at radius 2 is 1.16 bits per heavy atom. The smallest absolute Gasteiger partial charge is 0.144 e. The minimum absolute atomic E-state index is 0.0807. The van der Waals surface area contributed by atoms with E-state index in [-0.39, 0.29) is 5.78 Å². The van der Waals surface area contributed by atoms with Crippen LogP contribution in [0.3, 0.4) is 0 Å². The molecule has 0 fully saturated rings. The van der Waals surface area contributed by atoms with Crippen LogP contribution >= 0.6 is 23.2 Å². The fourth-order valence-electron chi connectivity index (χ4n) is 2.14. The molecule has 0 amide bonds. The van der Waals surface area contributed by atoms with Gasteiger partial charge in [-0.1, -0.05) is 47.5 Å². The van der Waals surface area contributed by atoms with Gasteiger partial charge in [-0.25, -0.2) is 0 Å². The van der Waals surface area contributed by atoms with E-state index in [9.17, 15) is 4.79 Å². The Labute approximate surface area is 123 Å². The van der Waals surface area contributed by atoms with E-state index in [1.165, 1.54) is 0 Å². The van der Waals surface area contributed by atoms with Crippen LogP contribution in [0.25, 0.3) is 0 Å². The van der Waals surface area contributed by atoms with E-state index in [0.29, 0.717) is 10.0 Å². The fourth-order valence-corrected chi connectivity index (χ4v) is 2.39. The van der Waals surface area contributed by atoms with Crippen LogP contribution in [0.1, 0.15) is 25.0 Å². The number of carbonyl (C=O) groups excluding carboxylic acids is 1. The summed E-state index contributed by atoms with van der Waals surface area (Å²) in [6.45, 7) is 3.52. The van der Waals surface area contributed by atoms with Crippen molar-refractivity contribution in [2.45, 2.75) is 19.3 Å². The number of rotatable bonds is 3. The van der Waals surface area contributed by atoms with Crippen molar-refractivity contribution in [3.05, 3.63) is 69.7 Å². The number of halogens is 2. The molecule has 2 aromatic carbocycles. The molecule has 0 radical (unpaired) electrons. The highest BCUT2D eigenvalue weighted by molar-refractivity contribution is 6.30. The Bertz CT molecular complexity index is 540. The van der Waals surface area contributed by atoms with Crippen molar-refractivity contribution >= 4 is 29.0 Å². The summed E-state index contributed by atoms with van der Waals surface area (Å²) < 4.78 is 0. The summed E-state index contributed by atoms with van der Waals surface area (Å²) in [5.41, 5.74) is 1.16. The van der Waals surface area contributed by atoms with Gasteiger partial charge in [-0.15, -0.1) is 0 Å². The average Bonchev–Trinajstić information content (AvgIpc) is 2.39. The first kappa shape index (κ1) is 14.1. The molecular weight excluding hydrogens is 279 g/mol. The van der Waals surface area contributed by atoms with Gasteiger partial charge in [0, 0.05) is 10.0 Å². The molecule has 98 valence electrons. The summed E-state index contributed by atoms with van der Waals surface area (Å²) in [5, 5.41) is 1.32. The monoisotopic (exact) mass is 292 g/mol. The van der Waals surface area contributed by atoms with Gasteiger partial charge >= 0.3 is 0 Å². The molecule has 0 bridgehead atoms. The van der Waals surface area contributed by atoms with E-state index in [1.807, 2.05) is 31.2 Å². The van der Waals surface area contributed by atoms with E-state index < -0.39 is 5.41 Å². The van der Waals surface area contributed by atoms with Crippen LogP contribution in [-0.4, -0.2) is 5.78 Å². The summed E-state index contributed by atoms with van der Waals surface area (Å²) in [6, 6.07) is 14.7. The lowest BCUT2D eigenvalue weighted by molar-refractivity contribution is -0.120. The molecule has 0 N–H and O–H groups in total. The van der Waals surface area contributed by atoms with Gasteiger partial charge in [0.2, 0.25) is 0 Å². The maximum Gasteiger partial charge on any atom is 0.144 e. The second-order valence-electron chi connectivity index (χ2n) is 4.69. The van der Waals surface area contributed by atoms with Crippen LogP contribution in [0.4, 0.5) is 0 Å². The Balaban J connectivity index is 2.57. The van der Waals surface area contributed by atoms with Gasteiger partial charge in [0.05, 0.1) is 5.41 Å². The molecule has 0 aliphatic carbocycles. The molecule has 1 nitrogen and oxygen atoms in total. The van der Waals surface area contributed by atoms with Crippen molar-refractivity contribution in [3.63, 3.8) is 0 Å². The molecule has 0 atom stereocenters. The highest BCUT2D eigenvalue weighted by Crippen LogP contribution is 2.34. The predicted octanol–water partition coefficient (Wildman–Crippen LogP) is 4.89. The zero-order chi connectivity index (χ0) is 14.0. The molecule has 0 saturated heterocycles. The molecule has 0 aliphatic rings. The molecule has 2 rings (SSSR count). The minimum Gasteiger partial charge on any atom is -0.299 e. The topological polar surface area (TPSA) is 17.1 Å². The third-order valence-corrected chi connectivity index (χ3v) is 4.05. The molecule has 0 saturated carbocycles. The highest BCUT2D eigenvalue weighted by Gasteiger charge is 2.33. The molecule has 2 aromatic rings. The van der Waals surface area contributed by atoms with Gasteiger partial charge in [0.25, 0.3) is 0 Å². The lowest BCUT2D eigenvalue weighted by Crippen LogP contribution is -2.31. The Morgan fingerprint density at radius 3 is 1.42 bits per heavy atom. The standard InChI is InChI=1S/C16H14Cl2O/c1-11(19)16(2,12-3-7-14(17)8-4-12)13-5-9-15(18)10-6-13/h3-10H,1-2H3. The van der Waals surface area contributed by atoms with E-state index in [4.69, 9.17) is 23.2 Å². The first-order valence-electron chi connectivity index (χ1n) is 5.97. The second-order valence-corrected chi connectivity index (χ2v) is 5.57. The average molecular weight is 293 g/mol. The van der Waals surface area contributed by atoms with Crippen LogP contribution in [0.15, 0.2) is 48.5 Å². The molecule has 0 unspecified atom stereocenters. The van der Waals surface area contributed by atoms with Crippen molar-refractivity contribution in [2.24, 2.45) is 0 Å². The third kappa shape index (κ3) is 2.68. The first-order valence-corrected chi connectivity index (χ1v) is 6.73. The third-order valence-electron chi connectivity index (χ3n) is 3.55. The second kappa shape index (κ2) is 5.36. The zero-order valence-electron chi connectivity index (χ0n) is 10.8. The molecule has 3 heteroatoms. The normalized spacial score (nSPS) is 11.4. The van der Waals surface area contributed by atoms with Crippen molar-refractivity contribution in [1.82, 2.24) is 0 Å². The van der Waals surface area contributed by atoms with Crippen LogP contribution in [-0.2, 0) is 10.2 Å². The lowest BCUT2D eigenvalue weighted by atomic mass is 9.73. The molecule has 0 aliphatic heterocycles. The fraction of sp³-hybridized carbons (Fsp3) is 0.188. The quantitative estimate of drug-likeness (QED) is 0.787. The summed E-state index contributed by atoms with van der Waals surface area (Å²) in [5.74, 6) is 0.0807. The number of hydrogen-bond donors (Lipinski definition) is 0. The Hall–Kier alpha value is -1.31. The molecule has 0 aromatic heterocycles. The highest BCUT2D eigenvalue weighted by atomic mass is 35.5. The van der Waals surface area contributed by atoms with Crippen molar-refractivity contribution in [3.8, 4) is 0 Å². The van der Waals surface area contributed by atoms with Crippen molar-refractivity contribution < 1.29 is 4.79 Å². The van der Waals surface area contributed by atoms with Gasteiger partial charge < -0.3 is 0 Å². The van der Waals surface area contributed by atoms with Crippen LogP contribution < -0.4 is 0 Å². The van der Waals surface area contributed by atoms with Crippen molar-refractivity contribution in [1.29, 1.82) is 0 Å². The number of ketones is 1. The zero-order valence-corrected chi connectivity index (χ0v) is 12.3. The van der Waals surface area contributed by atoms with E-state index in [0.717, 1.165) is 11.1 Å². The maximum atomic E-state index is 12.2. The number of hydrogen-bond acceptors (Lipinski definition) is 1. The van der Waals surface area contributed by atoms with Gasteiger partial charge in [0.1, 0.15) is 5.78 Å². The summed E-state index contributed by atoms with van der Waals surface area (Å²) in [7, 11) is 0. The minimum atomic E-state index is -0.685. The van der Waals surface area contributed by atoms with E-state index >= 15 is 0 Å². The lowest BCUT2D eigenvalue weighted by Gasteiger charge is -2.28. The van der Waals surface area contributed by atoms with Gasteiger partial charge in [-0.2, -0.15) is 0 Å². The molecule has 0 spiro atoms. The van der Waals surface area contributed by atoms with Gasteiger partial charge in [-0.05, 0) is 49.2 Å². The van der Waals surface area contributed by atoms with E-state index in [2.05, 4.69) is 0 Å². The van der Waals surface area contributed by atoms with Crippen LogP contribution in [0, 0.1) is 0 Å². The van der Waals surface area contributed by atoms with Gasteiger partial charge in [0.15, 0.2) is 0 Å².